The van der Waals surface area contributed by atoms with E-state index in [4.69, 9.17) is 15.3 Å². The summed E-state index contributed by atoms with van der Waals surface area (Å²) in [4.78, 5) is 0. The van der Waals surface area contributed by atoms with Crippen molar-refractivity contribution in [3.63, 3.8) is 0 Å². The van der Waals surface area contributed by atoms with Gasteiger partial charge in [-0.05, 0) is 26.1 Å². The summed E-state index contributed by atoms with van der Waals surface area (Å²) in [6.45, 7) is 3.87. The van der Waals surface area contributed by atoms with Crippen LogP contribution in [0.5, 0.6) is 0 Å². The first-order chi connectivity index (χ1) is 5.54. The number of nitrogens with zero attached hydrogens (tertiary/aromatic N) is 1. The van der Waals surface area contributed by atoms with E-state index >= 15 is 0 Å². The van der Waals surface area contributed by atoms with E-state index in [1.807, 2.05) is 13.8 Å². The molecule has 0 aliphatic carbocycles. The topological polar surface area (TPSA) is 64.2 Å². The molecule has 0 aliphatic heterocycles. The molecule has 0 aliphatic rings. The molecule has 0 saturated carbocycles. The van der Waals surface area contributed by atoms with E-state index in [1.54, 1.807) is 0 Å². The molecule has 68 valence electrons. The average molecular weight is 169 g/mol. The Balaban J connectivity index is 3.68. The van der Waals surface area contributed by atoms with Crippen molar-refractivity contribution < 1.29 is 10.0 Å². The van der Waals surface area contributed by atoms with Crippen LogP contribution in [0.4, 0.5) is 0 Å². The van der Waals surface area contributed by atoms with E-state index in [1.165, 1.54) is 0 Å². The fourth-order valence-corrected chi connectivity index (χ4v) is 0.987. The van der Waals surface area contributed by atoms with Gasteiger partial charge >= 0.3 is 7.12 Å². The van der Waals surface area contributed by atoms with Gasteiger partial charge in [0.25, 0.3) is 0 Å². The smallest absolute Gasteiger partial charge is 0.427 e. The molecule has 1 atom stereocenters. The Hall–Kier alpha value is -0.525. The summed E-state index contributed by atoms with van der Waals surface area (Å²) in [5, 5.41) is 25.9. The van der Waals surface area contributed by atoms with Gasteiger partial charge in [0, 0.05) is 0 Å². The zero-order chi connectivity index (χ0) is 9.61. The zero-order valence-corrected chi connectivity index (χ0v) is 7.75. The minimum Gasteiger partial charge on any atom is -0.427 e. The Kier molecular flexibility index (Phi) is 4.95. The van der Waals surface area contributed by atoms with Crippen LogP contribution in [0.25, 0.3) is 0 Å². The lowest BCUT2D eigenvalue weighted by molar-refractivity contribution is 0.365. The first-order valence-electron chi connectivity index (χ1n) is 4.31. The monoisotopic (exact) mass is 169 g/mol. The molecule has 0 radical (unpaired) electrons. The molecular formula is C8H16BNO2. The Bertz CT molecular complexity index is 167. The van der Waals surface area contributed by atoms with Gasteiger partial charge in [0.2, 0.25) is 0 Å². The highest BCUT2D eigenvalue weighted by Crippen LogP contribution is 2.26. The first kappa shape index (κ1) is 11.5. The third-order valence-electron chi connectivity index (χ3n) is 2.24. The number of rotatable bonds is 5. The lowest BCUT2D eigenvalue weighted by atomic mass is 9.77. The van der Waals surface area contributed by atoms with E-state index in [0.29, 0.717) is 12.7 Å². The van der Waals surface area contributed by atoms with Crippen molar-refractivity contribution in [1.82, 2.24) is 0 Å². The fraction of sp³-hybridized carbons (Fsp3) is 0.875. The van der Waals surface area contributed by atoms with E-state index < -0.39 is 7.12 Å². The normalized spacial score (nSPS) is 14.9. The SMILES string of the molecule is CCC(C)(C#N)CCCB(O)O. The third kappa shape index (κ3) is 4.37. The molecule has 0 heterocycles. The van der Waals surface area contributed by atoms with Crippen LogP contribution in [0.15, 0.2) is 0 Å². The van der Waals surface area contributed by atoms with Crippen LogP contribution in [0.1, 0.15) is 33.1 Å². The lowest BCUT2D eigenvalue weighted by Gasteiger charge is -2.18. The second-order valence-electron chi connectivity index (χ2n) is 3.40. The molecule has 2 N–H and O–H groups in total. The van der Waals surface area contributed by atoms with Gasteiger partial charge in [-0.2, -0.15) is 5.26 Å². The molecule has 3 nitrogen and oxygen atoms in total. The van der Waals surface area contributed by atoms with Gasteiger partial charge < -0.3 is 10.0 Å². The molecule has 0 spiro atoms. The average Bonchev–Trinajstić information content (AvgIpc) is 2.03. The molecule has 4 heteroatoms. The van der Waals surface area contributed by atoms with Crippen LogP contribution >= 0.6 is 0 Å². The maximum Gasteiger partial charge on any atom is 0.451 e. The van der Waals surface area contributed by atoms with Crippen molar-refractivity contribution in [2.45, 2.75) is 39.4 Å². The first-order valence-corrected chi connectivity index (χ1v) is 4.31. The van der Waals surface area contributed by atoms with Gasteiger partial charge in [-0.3, -0.25) is 0 Å². The predicted molar refractivity (Wildman–Crippen MR) is 48.2 cm³/mol. The van der Waals surface area contributed by atoms with Crippen molar-refractivity contribution >= 4 is 7.12 Å². The maximum atomic E-state index is 8.78. The Morgan fingerprint density at radius 1 is 1.50 bits per heavy atom. The van der Waals surface area contributed by atoms with Crippen molar-refractivity contribution in [3.05, 3.63) is 0 Å². The highest BCUT2D eigenvalue weighted by Gasteiger charge is 2.21. The summed E-state index contributed by atoms with van der Waals surface area (Å²) in [7, 11) is -1.23. The van der Waals surface area contributed by atoms with Gasteiger partial charge in [-0.25, -0.2) is 0 Å². The summed E-state index contributed by atoms with van der Waals surface area (Å²) in [6.07, 6.45) is 2.59. The molecule has 12 heavy (non-hydrogen) atoms. The molecule has 0 rings (SSSR count). The Labute approximate surface area is 74.2 Å². The van der Waals surface area contributed by atoms with Crippen molar-refractivity contribution in [1.29, 1.82) is 5.26 Å². The van der Waals surface area contributed by atoms with E-state index in [2.05, 4.69) is 6.07 Å². The fourth-order valence-electron chi connectivity index (χ4n) is 0.987. The minimum atomic E-state index is -1.23. The molecule has 0 fully saturated rings. The Morgan fingerprint density at radius 2 is 2.08 bits per heavy atom. The summed E-state index contributed by atoms with van der Waals surface area (Å²) in [5.74, 6) is 0. The number of hydrogen-bond donors (Lipinski definition) is 2. The highest BCUT2D eigenvalue weighted by atomic mass is 16.4. The second kappa shape index (κ2) is 5.18. The molecule has 0 aromatic heterocycles. The standard InChI is InChI=1S/C8H16BNO2/c1-3-8(2,7-10)5-4-6-9(11)12/h11-12H,3-6H2,1-2H3. The second-order valence-corrected chi connectivity index (χ2v) is 3.40. The largest absolute Gasteiger partial charge is 0.451 e. The quantitative estimate of drug-likeness (QED) is 0.607. The van der Waals surface area contributed by atoms with Gasteiger partial charge in [0.05, 0.1) is 11.5 Å². The van der Waals surface area contributed by atoms with Gasteiger partial charge in [0.1, 0.15) is 0 Å². The third-order valence-corrected chi connectivity index (χ3v) is 2.24. The van der Waals surface area contributed by atoms with Crippen LogP contribution in [-0.4, -0.2) is 17.2 Å². The van der Waals surface area contributed by atoms with E-state index in [9.17, 15) is 0 Å². The van der Waals surface area contributed by atoms with Crippen molar-refractivity contribution in [2.24, 2.45) is 5.41 Å². The molecule has 0 aromatic rings. The van der Waals surface area contributed by atoms with Crippen LogP contribution < -0.4 is 0 Å². The molecule has 0 amide bonds. The van der Waals surface area contributed by atoms with E-state index in [-0.39, 0.29) is 5.41 Å². The summed E-state index contributed by atoms with van der Waals surface area (Å²) >= 11 is 0. The van der Waals surface area contributed by atoms with Crippen molar-refractivity contribution in [3.8, 4) is 6.07 Å². The Morgan fingerprint density at radius 3 is 2.42 bits per heavy atom. The maximum absolute atomic E-state index is 8.78. The van der Waals surface area contributed by atoms with Crippen molar-refractivity contribution in [2.75, 3.05) is 0 Å². The molecule has 0 bridgehead atoms. The highest BCUT2D eigenvalue weighted by molar-refractivity contribution is 6.40. The molecular weight excluding hydrogens is 153 g/mol. The van der Waals surface area contributed by atoms with Crippen LogP contribution in [0.2, 0.25) is 6.32 Å². The van der Waals surface area contributed by atoms with Crippen LogP contribution in [-0.2, 0) is 0 Å². The lowest BCUT2D eigenvalue weighted by Crippen LogP contribution is -2.15. The van der Waals surface area contributed by atoms with Gasteiger partial charge in [0.15, 0.2) is 0 Å². The summed E-state index contributed by atoms with van der Waals surface area (Å²) in [6, 6.07) is 2.24. The molecule has 0 aromatic carbocycles. The zero-order valence-electron chi connectivity index (χ0n) is 7.75. The summed E-state index contributed by atoms with van der Waals surface area (Å²) < 4.78 is 0. The molecule has 0 saturated heterocycles. The van der Waals surface area contributed by atoms with Crippen LogP contribution in [0.3, 0.4) is 0 Å². The van der Waals surface area contributed by atoms with Gasteiger partial charge in [-0.15, -0.1) is 0 Å². The summed E-state index contributed by atoms with van der Waals surface area (Å²) in [5.41, 5.74) is -0.297. The number of nitriles is 1. The van der Waals surface area contributed by atoms with Gasteiger partial charge in [-0.1, -0.05) is 13.3 Å². The minimum absolute atomic E-state index is 0.297. The number of hydrogen-bond acceptors (Lipinski definition) is 3. The predicted octanol–water partition coefficient (Wildman–Crippen LogP) is 1.18. The van der Waals surface area contributed by atoms with E-state index in [0.717, 1.165) is 12.8 Å². The van der Waals surface area contributed by atoms with Crippen LogP contribution in [0, 0.1) is 16.7 Å². The molecule has 1 unspecified atom stereocenters.